The third-order valence-electron chi connectivity index (χ3n) is 3.38. The maximum Gasteiger partial charge on any atom is 0.226 e. The molecule has 1 amide bonds. The van der Waals surface area contributed by atoms with Crippen LogP contribution in [-0.4, -0.2) is 42.7 Å². The van der Waals surface area contributed by atoms with E-state index >= 15 is 0 Å². The molecular weight excluding hydrogens is 294 g/mol. The van der Waals surface area contributed by atoms with Crippen LogP contribution in [0.2, 0.25) is 0 Å². The number of hydrogen-bond donors (Lipinski definition) is 1. The van der Waals surface area contributed by atoms with Gasteiger partial charge >= 0.3 is 0 Å². The summed E-state index contributed by atoms with van der Waals surface area (Å²) in [4.78, 5) is 13.9. The molecular formula is C17H23N3O3. The van der Waals surface area contributed by atoms with Crippen molar-refractivity contribution >= 4 is 11.7 Å². The first-order chi connectivity index (χ1) is 11.0. The Bertz CT molecular complexity index is 622. The van der Waals surface area contributed by atoms with Gasteiger partial charge in [-0.1, -0.05) is 22.9 Å². The summed E-state index contributed by atoms with van der Waals surface area (Å²) < 4.78 is 10.6. The Labute approximate surface area is 136 Å². The molecule has 0 aliphatic carbocycles. The van der Waals surface area contributed by atoms with Crippen molar-refractivity contribution in [2.45, 2.75) is 20.3 Å². The van der Waals surface area contributed by atoms with Crippen LogP contribution in [0.1, 0.15) is 17.7 Å². The number of carbonyl (C=O) groups is 1. The summed E-state index contributed by atoms with van der Waals surface area (Å²) in [6.45, 7) is 5.82. The van der Waals surface area contributed by atoms with Gasteiger partial charge in [0, 0.05) is 25.6 Å². The third kappa shape index (κ3) is 6.12. The van der Waals surface area contributed by atoms with Crippen LogP contribution in [0.3, 0.4) is 0 Å². The Hall–Kier alpha value is -2.34. The summed E-state index contributed by atoms with van der Waals surface area (Å²) in [7, 11) is 1.96. The molecule has 0 radical (unpaired) electrons. The smallest absolute Gasteiger partial charge is 0.226 e. The molecule has 1 N–H and O–H groups in total. The Morgan fingerprint density at radius 2 is 2.00 bits per heavy atom. The lowest BCUT2D eigenvalue weighted by atomic mass is 10.2. The minimum Gasteiger partial charge on any atom is -0.492 e. The largest absolute Gasteiger partial charge is 0.492 e. The second-order valence-electron chi connectivity index (χ2n) is 5.59. The monoisotopic (exact) mass is 317 g/mol. The minimum absolute atomic E-state index is 0.0791. The summed E-state index contributed by atoms with van der Waals surface area (Å²) in [5, 5.41) is 6.44. The normalized spacial score (nSPS) is 10.8. The van der Waals surface area contributed by atoms with Crippen LogP contribution in [0.5, 0.6) is 5.75 Å². The van der Waals surface area contributed by atoms with Crippen molar-refractivity contribution in [3.63, 3.8) is 0 Å². The van der Waals surface area contributed by atoms with Gasteiger partial charge in [-0.3, -0.25) is 4.79 Å². The minimum atomic E-state index is -0.0791. The van der Waals surface area contributed by atoms with Crippen LogP contribution in [0.4, 0.5) is 5.82 Å². The summed E-state index contributed by atoms with van der Waals surface area (Å²) in [5.74, 6) is 1.91. The van der Waals surface area contributed by atoms with Crippen molar-refractivity contribution in [3.05, 3.63) is 41.7 Å². The van der Waals surface area contributed by atoms with Crippen molar-refractivity contribution in [3.8, 4) is 5.75 Å². The number of benzene rings is 1. The second-order valence-corrected chi connectivity index (χ2v) is 5.59. The zero-order valence-electron chi connectivity index (χ0n) is 13.8. The summed E-state index contributed by atoms with van der Waals surface area (Å²) >= 11 is 0. The van der Waals surface area contributed by atoms with Crippen LogP contribution in [-0.2, 0) is 4.79 Å². The fraction of sp³-hybridized carbons (Fsp3) is 0.412. The average Bonchev–Trinajstić information content (AvgIpc) is 2.92. The molecule has 0 unspecified atom stereocenters. The van der Waals surface area contributed by atoms with Gasteiger partial charge in [0.2, 0.25) is 5.91 Å². The van der Waals surface area contributed by atoms with Gasteiger partial charge < -0.3 is 19.5 Å². The molecule has 2 aromatic rings. The van der Waals surface area contributed by atoms with Gasteiger partial charge in [0.25, 0.3) is 0 Å². The number of rotatable bonds is 8. The van der Waals surface area contributed by atoms with Crippen molar-refractivity contribution in [2.75, 3.05) is 32.1 Å². The lowest BCUT2D eigenvalue weighted by molar-refractivity contribution is -0.116. The predicted octanol–water partition coefficient (Wildman–Crippen LogP) is 2.63. The lowest BCUT2D eigenvalue weighted by Gasteiger charge is -2.16. The molecule has 1 aromatic heterocycles. The van der Waals surface area contributed by atoms with Gasteiger partial charge in [-0.25, -0.2) is 0 Å². The molecule has 0 spiro atoms. The number of likely N-dealkylation sites (N-methyl/N-ethyl adjacent to an activating group) is 1. The standard InChI is InChI=1S/C17H23N3O3/c1-13-4-6-15(7-5-13)22-11-10-20(3)9-8-17(21)18-16-12-14(2)23-19-16/h4-7,12H,8-11H2,1-3H3,(H,18,19,21). The maximum atomic E-state index is 11.8. The molecule has 0 bridgehead atoms. The van der Waals surface area contributed by atoms with E-state index in [-0.39, 0.29) is 5.91 Å². The first-order valence-electron chi connectivity index (χ1n) is 7.64. The molecule has 23 heavy (non-hydrogen) atoms. The number of aryl methyl sites for hydroxylation is 2. The number of amides is 1. The van der Waals surface area contributed by atoms with E-state index in [1.54, 1.807) is 13.0 Å². The lowest BCUT2D eigenvalue weighted by Crippen LogP contribution is -2.28. The highest BCUT2D eigenvalue weighted by molar-refractivity contribution is 5.89. The van der Waals surface area contributed by atoms with Crippen molar-refractivity contribution in [1.82, 2.24) is 10.1 Å². The van der Waals surface area contributed by atoms with E-state index in [4.69, 9.17) is 9.26 Å². The molecule has 124 valence electrons. The SMILES string of the molecule is Cc1ccc(OCCN(C)CCC(=O)Nc2cc(C)on2)cc1. The summed E-state index contributed by atoms with van der Waals surface area (Å²) in [6.07, 6.45) is 0.396. The van der Waals surface area contributed by atoms with E-state index in [9.17, 15) is 4.79 Å². The fourth-order valence-electron chi connectivity index (χ4n) is 1.99. The molecule has 0 saturated carbocycles. The highest BCUT2D eigenvalue weighted by atomic mass is 16.5. The number of carbonyl (C=O) groups excluding carboxylic acids is 1. The topological polar surface area (TPSA) is 67.6 Å². The van der Waals surface area contributed by atoms with Gasteiger partial charge in [0.1, 0.15) is 18.1 Å². The van der Waals surface area contributed by atoms with E-state index in [0.717, 1.165) is 12.3 Å². The Morgan fingerprint density at radius 3 is 2.65 bits per heavy atom. The van der Waals surface area contributed by atoms with E-state index < -0.39 is 0 Å². The average molecular weight is 317 g/mol. The molecule has 0 saturated heterocycles. The Kier molecular flexibility index (Phi) is 6.17. The molecule has 1 heterocycles. The van der Waals surface area contributed by atoms with E-state index in [1.807, 2.05) is 38.2 Å². The van der Waals surface area contributed by atoms with E-state index in [2.05, 4.69) is 15.4 Å². The molecule has 2 rings (SSSR count). The van der Waals surface area contributed by atoms with Gasteiger partial charge in [0.15, 0.2) is 5.82 Å². The van der Waals surface area contributed by atoms with Crippen molar-refractivity contribution < 1.29 is 14.1 Å². The highest BCUT2D eigenvalue weighted by Crippen LogP contribution is 2.11. The molecule has 0 atom stereocenters. The van der Waals surface area contributed by atoms with Gasteiger partial charge in [0.05, 0.1) is 0 Å². The first kappa shape index (κ1) is 17.0. The van der Waals surface area contributed by atoms with Crippen LogP contribution >= 0.6 is 0 Å². The molecule has 0 aliphatic rings. The number of hydrogen-bond acceptors (Lipinski definition) is 5. The fourth-order valence-corrected chi connectivity index (χ4v) is 1.99. The zero-order chi connectivity index (χ0) is 16.7. The molecule has 1 aromatic carbocycles. The number of aromatic nitrogens is 1. The molecule has 6 heteroatoms. The number of ether oxygens (including phenoxy) is 1. The van der Waals surface area contributed by atoms with Crippen LogP contribution in [0.25, 0.3) is 0 Å². The van der Waals surface area contributed by atoms with E-state index in [0.29, 0.717) is 31.2 Å². The maximum absolute atomic E-state index is 11.8. The van der Waals surface area contributed by atoms with Gasteiger partial charge in [-0.15, -0.1) is 0 Å². The zero-order valence-corrected chi connectivity index (χ0v) is 13.8. The molecule has 0 fully saturated rings. The van der Waals surface area contributed by atoms with Crippen LogP contribution in [0.15, 0.2) is 34.9 Å². The quantitative estimate of drug-likeness (QED) is 0.810. The Morgan fingerprint density at radius 1 is 1.26 bits per heavy atom. The van der Waals surface area contributed by atoms with Gasteiger partial charge in [-0.05, 0) is 33.0 Å². The molecule has 6 nitrogen and oxygen atoms in total. The second kappa shape index (κ2) is 8.33. The third-order valence-corrected chi connectivity index (χ3v) is 3.38. The van der Waals surface area contributed by atoms with Crippen LogP contribution in [0, 0.1) is 13.8 Å². The van der Waals surface area contributed by atoms with Crippen molar-refractivity contribution in [2.24, 2.45) is 0 Å². The number of anilines is 1. The van der Waals surface area contributed by atoms with Crippen molar-refractivity contribution in [1.29, 1.82) is 0 Å². The number of nitrogens with one attached hydrogen (secondary N) is 1. The summed E-state index contributed by atoms with van der Waals surface area (Å²) in [5.41, 5.74) is 1.21. The molecule has 0 aliphatic heterocycles. The summed E-state index contributed by atoms with van der Waals surface area (Å²) in [6, 6.07) is 9.66. The van der Waals surface area contributed by atoms with Crippen LogP contribution < -0.4 is 10.1 Å². The van der Waals surface area contributed by atoms with E-state index in [1.165, 1.54) is 5.56 Å². The highest BCUT2D eigenvalue weighted by Gasteiger charge is 2.08. The Balaban J connectivity index is 1.61. The van der Waals surface area contributed by atoms with Gasteiger partial charge in [-0.2, -0.15) is 0 Å². The number of nitrogens with zero attached hydrogens (tertiary/aromatic N) is 2. The predicted molar refractivity (Wildman–Crippen MR) is 88.7 cm³/mol. The first-order valence-corrected chi connectivity index (χ1v) is 7.64.